The molecular formula is C15H24O2. The minimum absolute atomic E-state index is 0.251. The van der Waals surface area contributed by atoms with Crippen LogP contribution in [0.15, 0.2) is 24.3 Å². The van der Waals surface area contributed by atoms with Crippen molar-refractivity contribution in [1.82, 2.24) is 0 Å². The highest BCUT2D eigenvalue weighted by molar-refractivity contribution is 5.26. The Morgan fingerprint density at radius 2 is 1.82 bits per heavy atom. The third kappa shape index (κ3) is 6.32. The topological polar surface area (TPSA) is 29.5 Å². The fraction of sp³-hybridized carbons (Fsp3) is 0.600. The number of unbranched alkanes of at least 4 members (excludes halogenated alkanes) is 3. The van der Waals surface area contributed by atoms with Crippen molar-refractivity contribution in [3.05, 3.63) is 29.8 Å². The molecule has 0 saturated carbocycles. The molecule has 1 atom stereocenters. The summed E-state index contributed by atoms with van der Waals surface area (Å²) in [6.07, 6.45) is 6.16. The molecule has 0 heterocycles. The van der Waals surface area contributed by atoms with E-state index in [9.17, 15) is 5.11 Å². The molecule has 1 rings (SSSR count). The molecular weight excluding hydrogens is 212 g/mol. The molecule has 1 aromatic carbocycles. The molecule has 1 N–H and O–H groups in total. The van der Waals surface area contributed by atoms with E-state index in [-0.39, 0.29) is 6.10 Å². The van der Waals surface area contributed by atoms with Crippen molar-refractivity contribution >= 4 is 0 Å². The molecule has 0 aliphatic carbocycles. The van der Waals surface area contributed by atoms with Crippen LogP contribution in [-0.2, 0) is 11.2 Å². The number of ether oxygens (including phenoxy) is 1. The molecule has 0 saturated heterocycles. The molecule has 2 nitrogen and oxygen atoms in total. The summed E-state index contributed by atoms with van der Waals surface area (Å²) in [6.45, 7) is 5.18. The van der Waals surface area contributed by atoms with Crippen LogP contribution in [0, 0.1) is 0 Å². The second-order valence-electron chi connectivity index (χ2n) is 4.61. The van der Waals surface area contributed by atoms with Gasteiger partial charge in [0.2, 0.25) is 0 Å². The van der Waals surface area contributed by atoms with Gasteiger partial charge in [-0.3, -0.25) is 0 Å². The molecule has 0 aliphatic rings. The molecule has 0 spiro atoms. The van der Waals surface area contributed by atoms with E-state index in [0.717, 1.165) is 19.4 Å². The Morgan fingerprint density at radius 1 is 1.12 bits per heavy atom. The van der Waals surface area contributed by atoms with E-state index in [1.165, 1.54) is 24.8 Å². The molecule has 0 bridgehead atoms. The van der Waals surface area contributed by atoms with E-state index in [1.54, 1.807) is 12.1 Å². The van der Waals surface area contributed by atoms with Crippen LogP contribution in [0.1, 0.15) is 45.1 Å². The highest BCUT2D eigenvalue weighted by Gasteiger charge is 2.03. The van der Waals surface area contributed by atoms with Gasteiger partial charge in [0, 0.05) is 6.61 Å². The van der Waals surface area contributed by atoms with Crippen molar-refractivity contribution in [2.75, 3.05) is 6.61 Å². The monoisotopic (exact) mass is 236 g/mol. The molecule has 1 aromatic rings. The van der Waals surface area contributed by atoms with E-state index >= 15 is 0 Å². The van der Waals surface area contributed by atoms with Gasteiger partial charge in [-0.15, -0.1) is 0 Å². The van der Waals surface area contributed by atoms with Gasteiger partial charge >= 0.3 is 0 Å². The van der Waals surface area contributed by atoms with Crippen molar-refractivity contribution in [2.24, 2.45) is 0 Å². The Balaban J connectivity index is 2.16. The van der Waals surface area contributed by atoms with Gasteiger partial charge in [0.15, 0.2) is 0 Å². The second-order valence-corrected chi connectivity index (χ2v) is 4.61. The van der Waals surface area contributed by atoms with Gasteiger partial charge in [-0.25, -0.2) is 0 Å². The molecule has 96 valence electrons. The van der Waals surface area contributed by atoms with Crippen LogP contribution >= 0.6 is 0 Å². The third-order valence-electron chi connectivity index (χ3n) is 2.86. The fourth-order valence-corrected chi connectivity index (χ4v) is 1.84. The third-order valence-corrected chi connectivity index (χ3v) is 2.86. The van der Waals surface area contributed by atoms with Crippen molar-refractivity contribution < 1.29 is 9.84 Å². The lowest BCUT2D eigenvalue weighted by Crippen LogP contribution is -2.12. The predicted octanol–water partition coefficient (Wildman–Crippen LogP) is 3.92. The molecule has 0 aromatic heterocycles. The number of hydrogen-bond acceptors (Lipinski definition) is 2. The number of rotatable bonds is 8. The maximum atomic E-state index is 9.18. The Hall–Kier alpha value is -1.02. The quantitative estimate of drug-likeness (QED) is 0.693. The van der Waals surface area contributed by atoms with Crippen LogP contribution in [0.5, 0.6) is 5.75 Å². The van der Waals surface area contributed by atoms with E-state index in [0.29, 0.717) is 5.75 Å². The van der Waals surface area contributed by atoms with Crippen LogP contribution in [-0.4, -0.2) is 17.8 Å². The van der Waals surface area contributed by atoms with E-state index in [1.807, 2.05) is 12.1 Å². The second kappa shape index (κ2) is 8.13. The zero-order valence-corrected chi connectivity index (χ0v) is 11.0. The summed E-state index contributed by atoms with van der Waals surface area (Å²) in [7, 11) is 0. The van der Waals surface area contributed by atoms with Crippen LogP contribution < -0.4 is 0 Å². The standard InChI is InChI=1S/C15H24O2/c1-3-4-5-6-11-17-13(2)12-14-7-9-15(16)10-8-14/h7-10,13,16H,3-6,11-12H2,1-2H3. The van der Waals surface area contributed by atoms with Crippen molar-refractivity contribution in [3.63, 3.8) is 0 Å². The van der Waals surface area contributed by atoms with Gasteiger partial charge < -0.3 is 9.84 Å². The van der Waals surface area contributed by atoms with Crippen LogP contribution in [0.3, 0.4) is 0 Å². The highest BCUT2D eigenvalue weighted by Crippen LogP contribution is 2.12. The molecule has 17 heavy (non-hydrogen) atoms. The molecule has 1 unspecified atom stereocenters. The fourth-order valence-electron chi connectivity index (χ4n) is 1.84. The first-order valence-corrected chi connectivity index (χ1v) is 6.62. The molecule has 0 fully saturated rings. The Morgan fingerprint density at radius 3 is 2.47 bits per heavy atom. The number of hydrogen-bond donors (Lipinski definition) is 1. The summed E-state index contributed by atoms with van der Waals surface area (Å²) in [5.74, 6) is 0.321. The van der Waals surface area contributed by atoms with E-state index < -0.39 is 0 Å². The predicted molar refractivity (Wildman–Crippen MR) is 71.4 cm³/mol. The van der Waals surface area contributed by atoms with Gasteiger partial charge in [-0.1, -0.05) is 38.3 Å². The Labute approximate surface area is 105 Å². The molecule has 2 heteroatoms. The maximum absolute atomic E-state index is 9.18. The largest absolute Gasteiger partial charge is 0.508 e. The number of aromatic hydroxyl groups is 1. The zero-order valence-electron chi connectivity index (χ0n) is 11.0. The lowest BCUT2D eigenvalue weighted by atomic mass is 10.1. The van der Waals surface area contributed by atoms with E-state index in [2.05, 4.69) is 13.8 Å². The Bertz CT molecular complexity index is 292. The van der Waals surface area contributed by atoms with Crippen molar-refractivity contribution in [3.8, 4) is 5.75 Å². The lowest BCUT2D eigenvalue weighted by Gasteiger charge is -2.13. The number of benzene rings is 1. The average Bonchev–Trinajstić information content (AvgIpc) is 2.32. The zero-order chi connectivity index (χ0) is 12.5. The first kappa shape index (κ1) is 14.0. The first-order chi connectivity index (χ1) is 8.22. The minimum atomic E-state index is 0.251. The summed E-state index contributed by atoms with van der Waals surface area (Å²) in [4.78, 5) is 0. The van der Waals surface area contributed by atoms with Gasteiger partial charge in [0.1, 0.15) is 5.75 Å². The average molecular weight is 236 g/mol. The summed E-state index contributed by atoms with van der Waals surface area (Å²) >= 11 is 0. The highest BCUT2D eigenvalue weighted by atomic mass is 16.5. The number of phenols is 1. The number of phenolic OH excluding ortho intramolecular Hbond substituents is 1. The van der Waals surface area contributed by atoms with Crippen LogP contribution in [0.2, 0.25) is 0 Å². The molecule has 0 aliphatic heterocycles. The smallest absolute Gasteiger partial charge is 0.115 e. The lowest BCUT2D eigenvalue weighted by molar-refractivity contribution is 0.0635. The summed E-state index contributed by atoms with van der Waals surface area (Å²) in [5, 5.41) is 9.18. The maximum Gasteiger partial charge on any atom is 0.115 e. The van der Waals surface area contributed by atoms with Crippen LogP contribution in [0.4, 0.5) is 0 Å². The van der Waals surface area contributed by atoms with Crippen molar-refractivity contribution in [1.29, 1.82) is 0 Å². The van der Waals surface area contributed by atoms with Crippen molar-refractivity contribution in [2.45, 2.75) is 52.1 Å². The van der Waals surface area contributed by atoms with E-state index in [4.69, 9.17) is 4.74 Å². The van der Waals surface area contributed by atoms with Gasteiger partial charge in [0.05, 0.1) is 6.10 Å². The Kier molecular flexibility index (Phi) is 6.71. The van der Waals surface area contributed by atoms with Gasteiger partial charge in [-0.2, -0.15) is 0 Å². The summed E-state index contributed by atoms with van der Waals surface area (Å²) < 4.78 is 5.76. The minimum Gasteiger partial charge on any atom is -0.508 e. The van der Waals surface area contributed by atoms with Gasteiger partial charge in [-0.05, 0) is 37.5 Å². The van der Waals surface area contributed by atoms with Gasteiger partial charge in [0.25, 0.3) is 0 Å². The normalized spacial score (nSPS) is 12.6. The summed E-state index contributed by atoms with van der Waals surface area (Å²) in [5.41, 5.74) is 1.21. The molecule has 0 radical (unpaired) electrons. The van der Waals surface area contributed by atoms with Crippen LogP contribution in [0.25, 0.3) is 0 Å². The molecule has 0 amide bonds. The first-order valence-electron chi connectivity index (χ1n) is 6.62. The SMILES string of the molecule is CCCCCCOC(C)Cc1ccc(O)cc1. The summed E-state index contributed by atoms with van der Waals surface area (Å²) in [6, 6.07) is 7.35.